The van der Waals surface area contributed by atoms with Crippen molar-refractivity contribution in [1.82, 2.24) is 5.32 Å². The van der Waals surface area contributed by atoms with Crippen molar-refractivity contribution in [3.8, 4) is 0 Å². The largest absolute Gasteiger partial charge is 0.368 e. The third-order valence-electron chi connectivity index (χ3n) is 4.01. The normalized spacial score (nSPS) is 27.3. The minimum Gasteiger partial charge on any atom is -0.368 e. The summed E-state index contributed by atoms with van der Waals surface area (Å²) in [4.78, 5) is 11.6. The molecule has 0 aromatic carbocycles. The third kappa shape index (κ3) is 2.33. The fourth-order valence-corrected chi connectivity index (χ4v) is 2.72. The summed E-state index contributed by atoms with van der Waals surface area (Å²) in [7, 11) is 0. The van der Waals surface area contributed by atoms with Gasteiger partial charge in [0.15, 0.2) is 0 Å². The fraction of sp³-hybridized carbons (Fsp3) is 0.917. The Morgan fingerprint density at radius 3 is 2.27 bits per heavy atom. The molecule has 0 radical (unpaired) electrons. The van der Waals surface area contributed by atoms with E-state index < -0.39 is 5.54 Å². The van der Waals surface area contributed by atoms with Crippen LogP contribution in [-0.4, -0.2) is 17.5 Å². The molecule has 0 unspecified atom stereocenters. The number of rotatable bonds is 4. The summed E-state index contributed by atoms with van der Waals surface area (Å²) in [6.45, 7) is 2.00. The van der Waals surface area contributed by atoms with E-state index in [1.54, 1.807) is 0 Å². The van der Waals surface area contributed by atoms with Gasteiger partial charge in [0, 0.05) is 6.04 Å². The highest BCUT2D eigenvalue weighted by Crippen LogP contribution is 2.35. The predicted molar refractivity (Wildman–Crippen MR) is 60.3 cm³/mol. The molecule has 86 valence electrons. The lowest BCUT2D eigenvalue weighted by Gasteiger charge is -2.38. The van der Waals surface area contributed by atoms with Crippen molar-refractivity contribution in [2.24, 2.45) is 11.7 Å². The van der Waals surface area contributed by atoms with E-state index in [2.05, 4.69) is 5.32 Å². The van der Waals surface area contributed by atoms with Crippen LogP contribution in [0.3, 0.4) is 0 Å². The lowest BCUT2D eigenvalue weighted by molar-refractivity contribution is -0.126. The smallest absolute Gasteiger partial charge is 0.237 e. The van der Waals surface area contributed by atoms with Crippen molar-refractivity contribution < 1.29 is 4.79 Å². The first-order valence-electron chi connectivity index (χ1n) is 6.20. The summed E-state index contributed by atoms with van der Waals surface area (Å²) in [6, 6.07) is 0.546. The van der Waals surface area contributed by atoms with Crippen molar-refractivity contribution in [2.45, 2.75) is 63.5 Å². The Balaban J connectivity index is 2.04. The highest BCUT2D eigenvalue weighted by Gasteiger charge is 2.43. The van der Waals surface area contributed by atoms with Crippen molar-refractivity contribution in [3.63, 3.8) is 0 Å². The average molecular weight is 210 g/mol. The molecule has 2 aliphatic carbocycles. The Labute approximate surface area is 91.8 Å². The fourth-order valence-electron chi connectivity index (χ4n) is 2.72. The second-order valence-electron chi connectivity index (χ2n) is 5.32. The van der Waals surface area contributed by atoms with Crippen molar-refractivity contribution in [1.29, 1.82) is 0 Å². The molecule has 0 saturated heterocycles. The molecule has 3 heteroatoms. The maximum atomic E-state index is 11.6. The number of carbonyl (C=O) groups excluding carboxylic acids is 1. The summed E-state index contributed by atoms with van der Waals surface area (Å²) >= 11 is 0. The number of hydrogen-bond donors (Lipinski definition) is 2. The van der Waals surface area contributed by atoms with E-state index >= 15 is 0 Å². The van der Waals surface area contributed by atoms with Crippen LogP contribution in [0.1, 0.15) is 51.9 Å². The number of nitrogens with two attached hydrogens (primary N) is 1. The zero-order chi connectivity index (χ0) is 10.9. The van der Waals surface area contributed by atoms with Gasteiger partial charge in [0.2, 0.25) is 5.91 Å². The van der Waals surface area contributed by atoms with Gasteiger partial charge >= 0.3 is 0 Å². The zero-order valence-corrected chi connectivity index (χ0v) is 9.59. The molecule has 0 spiro atoms. The maximum Gasteiger partial charge on any atom is 0.237 e. The van der Waals surface area contributed by atoms with Gasteiger partial charge in [0.1, 0.15) is 0 Å². The van der Waals surface area contributed by atoms with E-state index in [9.17, 15) is 4.79 Å². The van der Waals surface area contributed by atoms with Crippen LogP contribution in [0.4, 0.5) is 0 Å². The second-order valence-corrected chi connectivity index (χ2v) is 5.32. The minimum absolute atomic E-state index is 0.165. The molecular formula is C12H22N2O. The Morgan fingerprint density at radius 2 is 1.80 bits per heavy atom. The molecule has 1 atom stereocenters. The molecule has 0 aromatic rings. The molecule has 2 aliphatic rings. The molecule has 0 bridgehead atoms. The van der Waals surface area contributed by atoms with E-state index in [1.807, 2.05) is 6.92 Å². The van der Waals surface area contributed by atoms with Crippen molar-refractivity contribution >= 4 is 5.91 Å². The summed E-state index contributed by atoms with van der Waals surface area (Å²) in [5.74, 6) is 0.283. The van der Waals surface area contributed by atoms with Gasteiger partial charge in [-0.05, 0) is 38.5 Å². The average Bonchev–Trinajstić information content (AvgIpc) is 3.02. The number of carbonyl (C=O) groups is 1. The van der Waals surface area contributed by atoms with E-state index in [1.165, 1.54) is 32.1 Å². The molecule has 0 aromatic heterocycles. The zero-order valence-electron chi connectivity index (χ0n) is 9.59. The van der Waals surface area contributed by atoms with Gasteiger partial charge in [-0.3, -0.25) is 4.79 Å². The number of amides is 1. The van der Waals surface area contributed by atoms with Crippen LogP contribution in [0, 0.1) is 5.92 Å². The highest BCUT2D eigenvalue weighted by atomic mass is 16.1. The van der Waals surface area contributed by atoms with Gasteiger partial charge in [0.25, 0.3) is 0 Å². The van der Waals surface area contributed by atoms with Gasteiger partial charge in [-0.1, -0.05) is 19.3 Å². The van der Waals surface area contributed by atoms with Crippen LogP contribution in [-0.2, 0) is 4.79 Å². The molecule has 3 N–H and O–H groups in total. The highest BCUT2D eigenvalue weighted by molar-refractivity contribution is 5.84. The molecule has 0 aliphatic heterocycles. The van der Waals surface area contributed by atoms with Gasteiger partial charge in [-0.15, -0.1) is 0 Å². The Hall–Kier alpha value is -0.570. The first-order chi connectivity index (χ1) is 7.13. The lowest BCUT2D eigenvalue weighted by Crippen LogP contribution is -2.59. The Morgan fingerprint density at radius 1 is 1.20 bits per heavy atom. The first kappa shape index (κ1) is 10.9. The van der Waals surface area contributed by atoms with E-state index in [0.29, 0.717) is 12.0 Å². The molecule has 3 nitrogen and oxygen atoms in total. The Kier molecular flexibility index (Phi) is 3.01. The maximum absolute atomic E-state index is 11.6. The molecule has 0 heterocycles. The standard InChI is InChI=1S/C12H22N2O/c1-12(11(13)15,14-10-7-8-10)9-5-3-2-4-6-9/h9-10,14H,2-8H2,1H3,(H2,13,15)/t12-/m0/s1. The molecule has 2 rings (SSSR count). The Bertz CT molecular complexity index is 244. The minimum atomic E-state index is -0.457. The summed E-state index contributed by atoms with van der Waals surface area (Å²) in [5.41, 5.74) is 5.12. The predicted octanol–water partition coefficient (Wildman–Crippen LogP) is 1.56. The third-order valence-corrected chi connectivity index (χ3v) is 4.01. The van der Waals surface area contributed by atoms with Crippen LogP contribution < -0.4 is 11.1 Å². The number of primary amides is 1. The van der Waals surface area contributed by atoms with Crippen molar-refractivity contribution in [2.75, 3.05) is 0 Å². The van der Waals surface area contributed by atoms with E-state index in [0.717, 1.165) is 12.8 Å². The SMILES string of the molecule is C[C@@](NC1CC1)(C(N)=O)C1CCCCC1. The van der Waals surface area contributed by atoms with Gasteiger partial charge in [-0.2, -0.15) is 0 Å². The van der Waals surface area contributed by atoms with Crippen molar-refractivity contribution in [3.05, 3.63) is 0 Å². The van der Waals surface area contributed by atoms with Crippen LogP contribution in [0.15, 0.2) is 0 Å². The number of nitrogens with one attached hydrogen (secondary N) is 1. The monoisotopic (exact) mass is 210 g/mol. The molecule has 2 saturated carbocycles. The summed E-state index contributed by atoms with van der Waals surface area (Å²) in [5, 5.41) is 3.46. The van der Waals surface area contributed by atoms with Gasteiger partial charge in [-0.25, -0.2) is 0 Å². The first-order valence-corrected chi connectivity index (χ1v) is 6.20. The molecule has 15 heavy (non-hydrogen) atoms. The second kappa shape index (κ2) is 4.12. The quantitative estimate of drug-likeness (QED) is 0.740. The summed E-state index contributed by atoms with van der Waals surface area (Å²) < 4.78 is 0. The lowest BCUT2D eigenvalue weighted by atomic mass is 9.75. The molecule has 2 fully saturated rings. The van der Waals surface area contributed by atoms with Gasteiger partial charge < -0.3 is 11.1 Å². The van der Waals surface area contributed by atoms with Crippen LogP contribution in [0.25, 0.3) is 0 Å². The molecular weight excluding hydrogens is 188 g/mol. The molecule has 1 amide bonds. The van der Waals surface area contributed by atoms with E-state index in [-0.39, 0.29) is 5.91 Å². The van der Waals surface area contributed by atoms with Crippen LogP contribution >= 0.6 is 0 Å². The van der Waals surface area contributed by atoms with Gasteiger partial charge in [0.05, 0.1) is 5.54 Å². The number of hydrogen-bond acceptors (Lipinski definition) is 2. The summed E-state index contributed by atoms with van der Waals surface area (Å²) in [6.07, 6.45) is 8.53. The topological polar surface area (TPSA) is 55.1 Å². The van der Waals surface area contributed by atoms with Crippen LogP contribution in [0.5, 0.6) is 0 Å². The van der Waals surface area contributed by atoms with E-state index in [4.69, 9.17) is 5.73 Å². The van der Waals surface area contributed by atoms with Crippen LogP contribution in [0.2, 0.25) is 0 Å².